The molecule has 8 nitrogen and oxygen atoms in total. The van der Waals surface area contributed by atoms with Crippen molar-refractivity contribution in [1.82, 2.24) is 10.1 Å². The normalized spacial score (nSPS) is 11.5. The molecule has 0 aromatic carbocycles. The third kappa shape index (κ3) is 4.61. The standard InChI is InChI=1S/C17H18N4O4S/c1-5-24-17(23)13-7-12(8-18)16(19-10(13)3)26-11(4)15(22)20-14-6-9(2)25-21-14/h6-7,11H,5H2,1-4H3,(H,20,21,22)/t11-/m0/s1. The number of hydrogen-bond donors (Lipinski definition) is 1. The topological polar surface area (TPSA) is 118 Å². The molecule has 0 aliphatic heterocycles. The number of hydrogen-bond acceptors (Lipinski definition) is 8. The van der Waals surface area contributed by atoms with Crippen molar-refractivity contribution in [1.29, 1.82) is 5.26 Å². The molecule has 2 aromatic heterocycles. The quantitative estimate of drug-likeness (QED) is 0.606. The number of amides is 1. The lowest BCUT2D eigenvalue weighted by molar-refractivity contribution is -0.115. The van der Waals surface area contributed by atoms with Crippen LogP contribution in [-0.4, -0.2) is 33.9 Å². The molecule has 0 radical (unpaired) electrons. The van der Waals surface area contributed by atoms with Crippen LogP contribution in [0.2, 0.25) is 0 Å². The molecular formula is C17H18N4O4S. The lowest BCUT2D eigenvalue weighted by Crippen LogP contribution is -2.23. The molecule has 0 unspecified atom stereocenters. The number of nitrogens with zero attached hydrogens (tertiary/aromatic N) is 3. The molecule has 1 atom stereocenters. The number of aromatic nitrogens is 2. The van der Waals surface area contributed by atoms with Crippen molar-refractivity contribution in [3.63, 3.8) is 0 Å². The molecular weight excluding hydrogens is 356 g/mol. The number of nitriles is 1. The van der Waals surface area contributed by atoms with Gasteiger partial charge in [0.25, 0.3) is 0 Å². The summed E-state index contributed by atoms with van der Waals surface area (Å²) in [4.78, 5) is 28.5. The monoisotopic (exact) mass is 374 g/mol. The molecule has 0 aliphatic rings. The molecule has 136 valence electrons. The molecule has 2 aromatic rings. The Balaban J connectivity index is 2.17. The fourth-order valence-electron chi connectivity index (χ4n) is 2.04. The van der Waals surface area contributed by atoms with Gasteiger partial charge >= 0.3 is 5.97 Å². The maximum absolute atomic E-state index is 12.3. The molecule has 1 amide bonds. The van der Waals surface area contributed by atoms with Gasteiger partial charge in [-0.1, -0.05) is 16.9 Å². The lowest BCUT2D eigenvalue weighted by atomic mass is 10.1. The average molecular weight is 374 g/mol. The number of carbonyl (C=O) groups is 2. The van der Waals surface area contributed by atoms with Crippen LogP contribution in [0.5, 0.6) is 0 Å². The minimum Gasteiger partial charge on any atom is -0.462 e. The predicted molar refractivity (Wildman–Crippen MR) is 94.8 cm³/mol. The van der Waals surface area contributed by atoms with Gasteiger partial charge in [0.15, 0.2) is 5.82 Å². The number of pyridine rings is 1. The van der Waals surface area contributed by atoms with E-state index in [0.29, 0.717) is 22.3 Å². The highest BCUT2D eigenvalue weighted by atomic mass is 32.2. The summed E-state index contributed by atoms with van der Waals surface area (Å²) >= 11 is 1.12. The first-order valence-electron chi connectivity index (χ1n) is 7.85. The van der Waals surface area contributed by atoms with Crippen molar-refractivity contribution in [3.8, 4) is 6.07 Å². The highest BCUT2D eigenvalue weighted by molar-refractivity contribution is 8.00. The van der Waals surface area contributed by atoms with E-state index in [4.69, 9.17) is 9.26 Å². The summed E-state index contributed by atoms with van der Waals surface area (Å²) < 4.78 is 9.86. The van der Waals surface area contributed by atoms with Gasteiger partial charge in [-0.2, -0.15) is 5.26 Å². The Morgan fingerprint density at radius 3 is 2.73 bits per heavy atom. The van der Waals surface area contributed by atoms with Crippen LogP contribution in [-0.2, 0) is 9.53 Å². The zero-order valence-corrected chi connectivity index (χ0v) is 15.6. The fraction of sp³-hybridized carbons (Fsp3) is 0.353. The fourth-order valence-corrected chi connectivity index (χ4v) is 2.96. The van der Waals surface area contributed by atoms with E-state index >= 15 is 0 Å². The van der Waals surface area contributed by atoms with E-state index in [0.717, 1.165) is 11.8 Å². The van der Waals surface area contributed by atoms with Gasteiger partial charge in [0.1, 0.15) is 16.9 Å². The average Bonchev–Trinajstić information content (AvgIpc) is 3.00. The van der Waals surface area contributed by atoms with E-state index in [1.54, 1.807) is 33.8 Å². The second kappa shape index (κ2) is 8.49. The second-order valence-electron chi connectivity index (χ2n) is 5.38. The molecule has 0 saturated heterocycles. The van der Waals surface area contributed by atoms with E-state index in [1.807, 2.05) is 6.07 Å². The van der Waals surface area contributed by atoms with Crippen LogP contribution in [0.1, 0.15) is 41.2 Å². The number of thioether (sulfide) groups is 1. The molecule has 2 rings (SSSR count). The summed E-state index contributed by atoms with van der Waals surface area (Å²) in [5, 5.41) is 15.5. The number of carbonyl (C=O) groups excluding carboxylic acids is 2. The first kappa shape index (κ1) is 19.5. The number of rotatable bonds is 6. The van der Waals surface area contributed by atoms with Gasteiger partial charge in [-0.05, 0) is 33.8 Å². The number of esters is 1. The lowest BCUT2D eigenvalue weighted by Gasteiger charge is -2.13. The van der Waals surface area contributed by atoms with E-state index in [1.165, 1.54) is 6.07 Å². The molecule has 1 N–H and O–H groups in total. The summed E-state index contributed by atoms with van der Waals surface area (Å²) in [5.74, 6) is 0.0697. The van der Waals surface area contributed by atoms with Crippen LogP contribution in [0.3, 0.4) is 0 Å². The molecule has 0 bridgehead atoms. The largest absolute Gasteiger partial charge is 0.462 e. The van der Waals surface area contributed by atoms with Crippen molar-refractivity contribution in [2.24, 2.45) is 0 Å². The third-order valence-electron chi connectivity index (χ3n) is 3.33. The van der Waals surface area contributed by atoms with Gasteiger partial charge in [-0.15, -0.1) is 0 Å². The van der Waals surface area contributed by atoms with Crippen LogP contribution in [0, 0.1) is 25.2 Å². The summed E-state index contributed by atoms with van der Waals surface area (Å²) in [7, 11) is 0. The summed E-state index contributed by atoms with van der Waals surface area (Å²) in [5.41, 5.74) is 0.883. The molecule has 0 fully saturated rings. The summed E-state index contributed by atoms with van der Waals surface area (Å²) in [6.45, 7) is 6.99. The number of anilines is 1. The minimum absolute atomic E-state index is 0.209. The number of ether oxygens (including phenoxy) is 1. The minimum atomic E-state index is -0.542. The van der Waals surface area contributed by atoms with Gasteiger partial charge in [0, 0.05) is 6.07 Å². The maximum atomic E-state index is 12.3. The first-order valence-corrected chi connectivity index (χ1v) is 8.73. The van der Waals surface area contributed by atoms with Gasteiger partial charge < -0.3 is 14.6 Å². The number of nitrogens with one attached hydrogen (secondary N) is 1. The zero-order valence-electron chi connectivity index (χ0n) is 14.8. The number of aryl methyl sites for hydroxylation is 2. The van der Waals surface area contributed by atoms with E-state index in [2.05, 4.69) is 15.5 Å². The Hall–Kier alpha value is -2.86. The van der Waals surface area contributed by atoms with Crippen LogP contribution in [0.25, 0.3) is 0 Å². The Labute approximate surface area is 154 Å². The molecule has 0 aliphatic carbocycles. The zero-order chi connectivity index (χ0) is 19.3. The van der Waals surface area contributed by atoms with E-state index in [-0.39, 0.29) is 23.6 Å². The Morgan fingerprint density at radius 2 is 2.15 bits per heavy atom. The molecule has 26 heavy (non-hydrogen) atoms. The SMILES string of the molecule is CCOC(=O)c1cc(C#N)c(S[C@@H](C)C(=O)Nc2cc(C)on2)nc1C. The van der Waals surface area contributed by atoms with Crippen molar-refractivity contribution >= 4 is 29.5 Å². The second-order valence-corrected chi connectivity index (χ2v) is 6.71. The van der Waals surface area contributed by atoms with Crippen LogP contribution in [0.15, 0.2) is 21.7 Å². The van der Waals surface area contributed by atoms with Gasteiger partial charge in [0.2, 0.25) is 5.91 Å². The van der Waals surface area contributed by atoms with Crippen molar-refractivity contribution in [2.75, 3.05) is 11.9 Å². The van der Waals surface area contributed by atoms with Gasteiger partial charge in [0.05, 0.1) is 28.7 Å². The molecule has 9 heteroatoms. The van der Waals surface area contributed by atoms with Crippen LogP contribution >= 0.6 is 11.8 Å². The maximum Gasteiger partial charge on any atom is 0.340 e. The van der Waals surface area contributed by atoms with Gasteiger partial charge in [-0.25, -0.2) is 9.78 Å². The summed E-state index contributed by atoms with van der Waals surface area (Å²) in [6, 6.07) is 5.05. The first-order chi connectivity index (χ1) is 12.3. The highest BCUT2D eigenvalue weighted by Crippen LogP contribution is 2.27. The van der Waals surface area contributed by atoms with E-state index < -0.39 is 11.2 Å². The predicted octanol–water partition coefficient (Wildman–Crippen LogP) is 2.85. The Bertz CT molecular complexity index is 872. The van der Waals surface area contributed by atoms with Crippen LogP contribution < -0.4 is 5.32 Å². The van der Waals surface area contributed by atoms with E-state index in [9.17, 15) is 14.9 Å². The Kier molecular flexibility index (Phi) is 6.36. The third-order valence-corrected chi connectivity index (χ3v) is 4.43. The Morgan fingerprint density at radius 1 is 1.42 bits per heavy atom. The molecule has 2 heterocycles. The van der Waals surface area contributed by atoms with Gasteiger partial charge in [-0.3, -0.25) is 4.79 Å². The van der Waals surface area contributed by atoms with Crippen molar-refractivity contribution in [2.45, 2.75) is 38.0 Å². The summed E-state index contributed by atoms with van der Waals surface area (Å²) in [6.07, 6.45) is 0. The van der Waals surface area contributed by atoms with Crippen molar-refractivity contribution in [3.05, 3.63) is 34.7 Å². The van der Waals surface area contributed by atoms with Crippen molar-refractivity contribution < 1.29 is 18.8 Å². The highest BCUT2D eigenvalue weighted by Gasteiger charge is 2.21. The smallest absolute Gasteiger partial charge is 0.340 e. The van der Waals surface area contributed by atoms with Crippen LogP contribution in [0.4, 0.5) is 5.82 Å². The molecule has 0 spiro atoms. The molecule has 0 saturated carbocycles.